The summed E-state index contributed by atoms with van der Waals surface area (Å²) >= 11 is 3.60. The minimum absolute atomic E-state index is 0.144. The lowest BCUT2D eigenvalue weighted by Gasteiger charge is -2.35. The molecule has 4 heterocycles. The van der Waals surface area contributed by atoms with E-state index in [4.69, 9.17) is 4.42 Å². The van der Waals surface area contributed by atoms with E-state index in [-0.39, 0.29) is 17.4 Å². The lowest BCUT2D eigenvalue weighted by Crippen LogP contribution is -2.34. The molecule has 0 radical (unpaired) electrons. The Bertz CT molecular complexity index is 1210. The molecule has 1 atom stereocenters. The lowest BCUT2D eigenvalue weighted by atomic mass is 9.97. The van der Waals surface area contributed by atoms with Gasteiger partial charge < -0.3 is 9.52 Å². The highest BCUT2D eigenvalue weighted by Gasteiger charge is 2.30. The number of fused-ring (bicyclic) bond motifs is 2. The number of phenols is 1. The topological polar surface area (TPSA) is 53.7 Å². The highest BCUT2D eigenvalue weighted by molar-refractivity contribution is 7.10. The SMILES string of the molecule is Cc1c(O)ccc2c(CN3CCc4sccc4[C@H]3c3cccs3)cc(=O)oc12. The smallest absolute Gasteiger partial charge is 0.336 e. The molecule has 6 heteroatoms. The van der Waals surface area contributed by atoms with Crippen LogP contribution in [0.4, 0.5) is 0 Å². The van der Waals surface area contributed by atoms with Crippen LogP contribution >= 0.6 is 22.7 Å². The van der Waals surface area contributed by atoms with Gasteiger partial charge in [-0.25, -0.2) is 4.79 Å². The van der Waals surface area contributed by atoms with Gasteiger partial charge in [-0.15, -0.1) is 22.7 Å². The van der Waals surface area contributed by atoms with E-state index in [9.17, 15) is 9.90 Å². The van der Waals surface area contributed by atoms with Gasteiger partial charge in [-0.2, -0.15) is 0 Å². The molecule has 0 saturated carbocycles. The summed E-state index contributed by atoms with van der Waals surface area (Å²) in [5.74, 6) is 0.144. The van der Waals surface area contributed by atoms with Crippen molar-refractivity contribution >= 4 is 33.6 Å². The van der Waals surface area contributed by atoms with Gasteiger partial charge in [0.1, 0.15) is 11.3 Å². The maximum absolute atomic E-state index is 12.2. The van der Waals surface area contributed by atoms with Gasteiger partial charge in [-0.05, 0) is 59.5 Å². The van der Waals surface area contributed by atoms with E-state index in [2.05, 4.69) is 33.9 Å². The van der Waals surface area contributed by atoms with Crippen LogP contribution in [0.15, 0.2) is 56.4 Å². The standard InChI is InChI=1S/C22H19NO3S2/c1-13-17(24)5-4-15-14(11-20(25)26-22(13)15)12-23-8-6-18-16(7-10-28-18)21(23)19-3-2-9-27-19/h2-5,7,9-11,21,24H,6,8,12H2,1H3/t21-/m0/s1. The first kappa shape index (κ1) is 17.7. The minimum Gasteiger partial charge on any atom is -0.508 e. The first-order valence-electron chi connectivity index (χ1n) is 9.21. The number of nitrogens with zero attached hydrogens (tertiary/aromatic N) is 1. The molecule has 1 aliphatic rings. The van der Waals surface area contributed by atoms with Crippen molar-refractivity contribution in [2.75, 3.05) is 6.54 Å². The summed E-state index contributed by atoms with van der Waals surface area (Å²) in [5, 5.41) is 15.2. The predicted octanol–water partition coefficient (Wildman–Crippen LogP) is 5.08. The van der Waals surface area contributed by atoms with E-state index in [1.807, 2.05) is 17.4 Å². The van der Waals surface area contributed by atoms with E-state index < -0.39 is 0 Å². The molecule has 1 aliphatic heterocycles. The van der Waals surface area contributed by atoms with E-state index in [0.29, 0.717) is 17.7 Å². The van der Waals surface area contributed by atoms with Crippen LogP contribution in [0.25, 0.3) is 11.0 Å². The molecule has 0 spiro atoms. The summed E-state index contributed by atoms with van der Waals surface area (Å²) in [6.07, 6.45) is 1.02. The molecule has 0 aliphatic carbocycles. The first-order valence-corrected chi connectivity index (χ1v) is 11.0. The molecule has 4 aromatic rings. The normalized spacial score (nSPS) is 17.1. The number of aryl methyl sites for hydroxylation is 1. The zero-order valence-corrected chi connectivity index (χ0v) is 17.0. The maximum atomic E-state index is 12.2. The van der Waals surface area contributed by atoms with Gasteiger partial charge in [0.15, 0.2) is 0 Å². The zero-order valence-electron chi connectivity index (χ0n) is 15.3. The predicted molar refractivity (Wildman–Crippen MR) is 113 cm³/mol. The Morgan fingerprint density at radius 3 is 2.93 bits per heavy atom. The van der Waals surface area contributed by atoms with Crippen molar-refractivity contribution in [2.24, 2.45) is 0 Å². The summed E-state index contributed by atoms with van der Waals surface area (Å²) < 4.78 is 5.42. The number of hydrogen-bond donors (Lipinski definition) is 1. The Morgan fingerprint density at radius 2 is 2.11 bits per heavy atom. The third kappa shape index (κ3) is 2.89. The largest absolute Gasteiger partial charge is 0.508 e. The minimum atomic E-state index is -0.378. The van der Waals surface area contributed by atoms with Crippen LogP contribution in [0.1, 0.15) is 32.5 Å². The van der Waals surface area contributed by atoms with Crippen LogP contribution in [-0.2, 0) is 13.0 Å². The molecular formula is C22H19NO3S2. The van der Waals surface area contributed by atoms with Gasteiger partial charge in [0.25, 0.3) is 0 Å². The number of rotatable bonds is 3. The molecule has 1 N–H and O–H groups in total. The van der Waals surface area contributed by atoms with Gasteiger partial charge in [0.05, 0.1) is 6.04 Å². The molecular weight excluding hydrogens is 390 g/mol. The summed E-state index contributed by atoms with van der Waals surface area (Å²) in [7, 11) is 0. The first-order chi connectivity index (χ1) is 13.6. The molecule has 0 unspecified atom stereocenters. The van der Waals surface area contributed by atoms with E-state index in [1.165, 1.54) is 15.3 Å². The van der Waals surface area contributed by atoms with Gasteiger partial charge >= 0.3 is 5.63 Å². The maximum Gasteiger partial charge on any atom is 0.336 e. The molecule has 0 saturated heterocycles. The van der Waals surface area contributed by atoms with Crippen molar-refractivity contribution in [3.8, 4) is 5.75 Å². The number of aromatic hydroxyl groups is 1. The molecule has 0 bridgehead atoms. The van der Waals surface area contributed by atoms with E-state index in [0.717, 1.165) is 23.9 Å². The van der Waals surface area contributed by atoms with E-state index >= 15 is 0 Å². The monoisotopic (exact) mass is 409 g/mol. The Labute approximate surface area is 170 Å². The number of thiophene rings is 2. The number of benzene rings is 1. The Balaban J connectivity index is 1.61. The summed E-state index contributed by atoms with van der Waals surface area (Å²) in [5.41, 5.74) is 3.01. The third-order valence-corrected chi connectivity index (χ3v) is 7.39. The van der Waals surface area contributed by atoms with Crippen LogP contribution < -0.4 is 5.63 Å². The van der Waals surface area contributed by atoms with E-state index in [1.54, 1.807) is 30.4 Å². The van der Waals surface area contributed by atoms with Crippen molar-refractivity contribution < 1.29 is 9.52 Å². The molecule has 0 fully saturated rings. The van der Waals surface area contributed by atoms with Crippen LogP contribution in [0.2, 0.25) is 0 Å². The van der Waals surface area contributed by atoms with Gasteiger partial charge in [-0.1, -0.05) is 6.07 Å². The van der Waals surface area contributed by atoms with Crippen LogP contribution in [0.5, 0.6) is 5.75 Å². The molecule has 142 valence electrons. The summed E-state index contributed by atoms with van der Waals surface area (Å²) in [4.78, 5) is 17.4. The van der Waals surface area contributed by atoms with Gasteiger partial charge in [0, 0.05) is 39.9 Å². The molecule has 0 amide bonds. The van der Waals surface area contributed by atoms with Crippen molar-refractivity contribution in [1.82, 2.24) is 4.90 Å². The average molecular weight is 410 g/mol. The van der Waals surface area contributed by atoms with Crippen LogP contribution in [0, 0.1) is 6.92 Å². The van der Waals surface area contributed by atoms with Gasteiger partial charge in [-0.3, -0.25) is 4.90 Å². The second-order valence-electron chi connectivity index (χ2n) is 7.11. The van der Waals surface area contributed by atoms with Crippen LogP contribution in [-0.4, -0.2) is 16.6 Å². The molecule has 3 aromatic heterocycles. The molecule has 4 nitrogen and oxygen atoms in total. The van der Waals surface area contributed by atoms with Gasteiger partial charge in [0.2, 0.25) is 0 Å². The highest BCUT2D eigenvalue weighted by atomic mass is 32.1. The Morgan fingerprint density at radius 1 is 1.21 bits per heavy atom. The highest BCUT2D eigenvalue weighted by Crippen LogP contribution is 2.40. The van der Waals surface area contributed by atoms with Crippen molar-refractivity contribution in [3.63, 3.8) is 0 Å². The van der Waals surface area contributed by atoms with Crippen molar-refractivity contribution in [3.05, 3.63) is 84.0 Å². The zero-order chi connectivity index (χ0) is 19.3. The van der Waals surface area contributed by atoms with Crippen LogP contribution in [0.3, 0.4) is 0 Å². The summed E-state index contributed by atoms with van der Waals surface area (Å²) in [6, 6.07) is 11.8. The number of phenolic OH excluding ortho intramolecular Hbond substituents is 1. The lowest BCUT2D eigenvalue weighted by molar-refractivity contribution is 0.209. The van der Waals surface area contributed by atoms with Crippen molar-refractivity contribution in [2.45, 2.75) is 25.9 Å². The summed E-state index contributed by atoms with van der Waals surface area (Å²) in [6.45, 7) is 3.37. The number of hydrogen-bond acceptors (Lipinski definition) is 6. The Hall–Kier alpha value is -2.41. The fourth-order valence-electron chi connectivity index (χ4n) is 4.08. The van der Waals surface area contributed by atoms with Crippen molar-refractivity contribution in [1.29, 1.82) is 0 Å². The second-order valence-corrected chi connectivity index (χ2v) is 9.09. The molecule has 28 heavy (non-hydrogen) atoms. The quantitative estimate of drug-likeness (QED) is 0.480. The third-order valence-electron chi connectivity index (χ3n) is 5.47. The Kier molecular flexibility index (Phi) is 4.34. The fourth-order valence-corrected chi connectivity index (χ4v) is 5.86. The second kappa shape index (κ2) is 6.88. The fraction of sp³-hybridized carbons (Fsp3) is 0.227. The molecule has 1 aromatic carbocycles. The molecule has 5 rings (SSSR count). The average Bonchev–Trinajstić information content (AvgIpc) is 3.36.